The van der Waals surface area contributed by atoms with E-state index < -0.39 is 0 Å². The van der Waals surface area contributed by atoms with Crippen LogP contribution in [-0.2, 0) is 0 Å². The Labute approximate surface area is 115 Å². The molecule has 3 heterocycles. The lowest BCUT2D eigenvalue weighted by Crippen LogP contribution is -1.96. The van der Waals surface area contributed by atoms with E-state index in [-0.39, 0.29) is 0 Å². The highest BCUT2D eigenvalue weighted by atomic mass is 32.2. The van der Waals surface area contributed by atoms with E-state index in [9.17, 15) is 0 Å². The molecule has 0 unspecified atom stereocenters. The van der Waals surface area contributed by atoms with Crippen LogP contribution in [0.4, 0.5) is 0 Å². The van der Waals surface area contributed by atoms with Gasteiger partial charge < -0.3 is 0 Å². The van der Waals surface area contributed by atoms with Crippen LogP contribution in [0.2, 0.25) is 0 Å². The molecule has 3 aromatic heterocycles. The molecule has 5 nitrogen and oxygen atoms in total. The monoisotopic (exact) mass is 271 g/mol. The summed E-state index contributed by atoms with van der Waals surface area (Å²) in [4.78, 5) is 4.12. The fraction of sp³-hybridized carbons (Fsp3) is 0.231. The lowest BCUT2D eigenvalue weighted by molar-refractivity contribution is 0.811. The van der Waals surface area contributed by atoms with Gasteiger partial charge >= 0.3 is 0 Å². The Morgan fingerprint density at radius 2 is 2.16 bits per heavy atom. The van der Waals surface area contributed by atoms with Gasteiger partial charge in [0.25, 0.3) is 0 Å². The molecule has 0 aromatic carbocycles. The van der Waals surface area contributed by atoms with E-state index in [0.29, 0.717) is 0 Å². The van der Waals surface area contributed by atoms with Crippen molar-refractivity contribution < 1.29 is 0 Å². The molecule has 0 saturated carbocycles. The SMILES string of the molecule is CCCSc1nnc2ccc(-c3cccnc3)nn12. The number of thioether (sulfide) groups is 1. The smallest absolute Gasteiger partial charge is 0.212 e. The van der Waals surface area contributed by atoms with Crippen LogP contribution in [0, 0.1) is 0 Å². The fourth-order valence-electron chi connectivity index (χ4n) is 1.72. The maximum Gasteiger partial charge on any atom is 0.212 e. The summed E-state index contributed by atoms with van der Waals surface area (Å²) in [5.41, 5.74) is 2.63. The molecule has 0 aliphatic heterocycles. The first kappa shape index (κ1) is 12.1. The zero-order valence-corrected chi connectivity index (χ0v) is 11.3. The molecule has 0 aliphatic rings. The molecule has 0 bridgehead atoms. The quantitative estimate of drug-likeness (QED) is 0.683. The van der Waals surface area contributed by atoms with Gasteiger partial charge in [-0.2, -0.15) is 9.61 Å². The van der Waals surface area contributed by atoms with Gasteiger partial charge in [0.05, 0.1) is 5.69 Å². The molecule has 0 atom stereocenters. The van der Waals surface area contributed by atoms with Crippen molar-refractivity contribution in [3.05, 3.63) is 36.7 Å². The van der Waals surface area contributed by atoms with Crippen molar-refractivity contribution >= 4 is 17.4 Å². The van der Waals surface area contributed by atoms with Gasteiger partial charge in [0.2, 0.25) is 5.16 Å². The molecule has 0 fully saturated rings. The van der Waals surface area contributed by atoms with E-state index in [4.69, 9.17) is 0 Å². The number of nitrogens with zero attached hydrogens (tertiary/aromatic N) is 5. The lowest BCUT2D eigenvalue weighted by Gasteiger charge is -2.02. The third-order valence-electron chi connectivity index (χ3n) is 2.63. The summed E-state index contributed by atoms with van der Waals surface area (Å²) in [7, 11) is 0. The number of fused-ring (bicyclic) bond motifs is 1. The van der Waals surface area contributed by atoms with Crippen LogP contribution in [0.3, 0.4) is 0 Å². The number of hydrogen-bond acceptors (Lipinski definition) is 5. The van der Waals surface area contributed by atoms with Gasteiger partial charge in [0.15, 0.2) is 5.65 Å². The summed E-state index contributed by atoms with van der Waals surface area (Å²) in [6.07, 6.45) is 4.66. The summed E-state index contributed by atoms with van der Waals surface area (Å²) in [5.74, 6) is 1.01. The van der Waals surface area contributed by atoms with Crippen LogP contribution in [0.5, 0.6) is 0 Å². The first-order valence-corrected chi connectivity index (χ1v) is 7.12. The molecule has 3 rings (SSSR count). The molecule has 0 spiro atoms. The van der Waals surface area contributed by atoms with E-state index in [2.05, 4.69) is 27.2 Å². The number of aromatic nitrogens is 5. The summed E-state index contributed by atoms with van der Waals surface area (Å²) in [6.45, 7) is 2.14. The van der Waals surface area contributed by atoms with E-state index in [0.717, 1.165) is 34.2 Å². The topological polar surface area (TPSA) is 56.0 Å². The average molecular weight is 271 g/mol. The molecule has 0 N–H and O–H groups in total. The zero-order valence-electron chi connectivity index (χ0n) is 10.5. The predicted octanol–water partition coefficient (Wildman–Crippen LogP) is 2.69. The average Bonchev–Trinajstić information content (AvgIpc) is 2.88. The molecule has 0 radical (unpaired) electrons. The normalized spacial score (nSPS) is 11.0. The lowest BCUT2D eigenvalue weighted by atomic mass is 10.2. The number of rotatable bonds is 4. The van der Waals surface area contributed by atoms with Crippen molar-refractivity contribution in [2.75, 3.05) is 5.75 Å². The molecule has 19 heavy (non-hydrogen) atoms. The second-order valence-corrected chi connectivity index (χ2v) is 5.12. The Kier molecular flexibility index (Phi) is 3.41. The van der Waals surface area contributed by atoms with Gasteiger partial charge in [0.1, 0.15) is 0 Å². The maximum absolute atomic E-state index is 4.59. The highest BCUT2D eigenvalue weighted by Crippen LogP contribution is 2.20. The van der Waals surface area contributed by atoms with E-state index in [1.165, 1.54) is 0 Å². The molecule has 0 aliphatic carbocycles. The molecular weight excluding hydrogens is 258 g/mol. The highest BCUT2D eigenvalue weighted by molar-refractivity contribution is 7.99. The van der Waals surface area contributed by atoms with Gasteiger partial charge in [-0.25, -0.2) is 0 Å². The first-order valence-electron chi connectivity index (χ1n) is 6.14. The van der Waals surface area contributed by atoms with E-state index in [1.807, 2.05) is 24.3 Å². The van der Waals surface area contributed by atoms with Crippen molar-refractivity contribution in [3.63, 3.8) is 0 Å². The number of pyridine rings is 1. The first-order chi connectivity index (χ1) is 9.38. The van der Waals surface area contributed by atoms with Crippen molar-refractivity contribution in [1.82, 2.24) is 24.8 Å². The third kappa shape index (κ3) is 2.44. The van der Waals surface area contributed by atoms with Crippen molar-refractivity contribution in [2.24, 2.45) is 0 Å². The maximum atomic E-state index is 4.59. The second kappa shape index (κ2) is 5.36. The van der Waals surface area contributed by atoms with Gasteiger partial charge in [-0.1, -0.05) is 18.7 Å². The van der Waals surface area contributed by atoms with Crippen LogP contribution in [-0.4, -0.2) is 30.5 Å². The van der Waals surface area contributed by atoms with Gasteiger partial charge in [-0.15, -0.1) is 10.2 Å². The van der Waals surface area contributed by atoms with Gasteiger partial charge in [-0.3, -0.25) is 4.98 Å². The predicted molar refractivity (Wildman–Crippen MR) is 75.0 cm³/mol. The highest BCUT2D eigenvalue weighted by Gasteiger charge is 2.08. The van der Waals surface area contributed by atoms with Gasteiger partial charge in [0, 0.05) is 23.7 Å². The third-order valence-corrected chi connectivity index (χ3v) is 3.75. The van der Waals surface area contributed by atoms with E-state index >= 15 is 0 Å². The second-order valence-electron chi connectivity index (χ2n) is 4.06. The van der Waals surface area contributed by atoms with Crippen LogP contribution < -0.4 is 0 Å². The summed E-state index contributed by atoms with van der Waals surface area (Å²) >= 11 is 1.67. The summed E-state index contributed by atoms with van der Waals surface area (Å²) < 4.78 is 1.79. The van der Waals surface area contributed by atoms with Gasteiger partial charge in [-0.05, 0) is 30.7 Å². The fourth-order valence-corrected chi connectivity index (χ4v) is 2.46. The minimum Gasteiger partial charge on any atom is -0.264 e. The molecular formula is C13H13N5S. The van der Waals surface area contributed by atoms with Crippen molar-refractivity contribution in [2.45, 2.75) is 18.5 Å². The summed E-state index contributed by atoms with van der Waals surface area (Å²) in [5, 5.41) is 13.7. The Balaban J connectivity index is 2.04. The Morgan fingerprint density at radius 3 is 2.95 bits per heavy atom. The van der Waals surface area contributed by atoms with Crippen LogP contribution >= 0.6 is 11.8 Å². The molecule has 0 saturated heterocycles. The Bertz CT molecular complexity index is 680. The molecule has 6 heteroatoms. The largest absolute Gasteiger partial charge is 0.264 e. The van der Waals surface area contributed by atoms with Crippen molar-refractivity contribution in [3.8, 4) is 11.3 Å². The van der Waals surface area contributed by atoms with E-state index in [1.54, 1.807) is 28.7 Å². The molecule has 0 amide bonds. The van der Waals surface area contributed by atoms with Crippen molar-refractivity contribution in [1.29, 1.82) is 0 Å². The minimum absolute atomic E-state index is 0.770. The summed E-state index contributed by atoms with van der Waals surface area (Å²) in [6, 6.07) is 7.76. The van der Waals surface area contributed by atoms with Crippen LogP contribution in [0.15, 0.2) is 41.8 Å². The number of hydrogen-bond donors (Lipinski definition) is 0. The Morgan fingerprint density at radius 1 is 1.21 bits per heavy atom. The zero-order chi connectivity index (χ0) is 13.1. The molecule has 96 valence electrons. The minimum atomic E-state index is 0.770. The van der Waals surface area contributed by atoms with Crippen LogP contribution in [0.25, 0.3) is 16.9 Å². The molecule has 3 aromatic rings. The van der Waals surface area contributed by atoms with Crippen LogP contribution in [0.1, 0.15) is 13.3 Å². The Hall–Kier alpha value is -1.95. The standard InChI is InChI=1S/C13H13N5S/c1-2-8-19-13-16-15-12-6-5-11(17-18(12)13)10-4-3-7-14-9-10/h3-7,9H,2,8H2,1H3.